The average Bonchev–Trinajstić information content (AvgIpc) is 2.45. The molecule has 2 atom stereocenters. The molecular weight excluding hydrogens is 292 g/mol. The lowest BCUT2D eigenvalue weighted by atomic mass is 9.91. The molecule has 0 unspecified atom stereocenters. The number of nitrogens with one attached hydrogen (secondary N) is 1. The Labute approximate surface area is 138 Å². The number of hydrogen-bond acceptors (Lipinski definition) is 5. The highest BCUT2D eigenvalue weighted by Crippen LogP contribution is 2.28. The molecule has 2 heterocycles. The van der Waals surface area contributed by atoms with Gasteiger partial charge in [-0.05, 0) is 39.2 Å². The minimum absolute atomic E-state index is 0.0520. The summed E-state index contributed by atoms with van der Waals surface area (Å²) in [5.74, 6) is 0.510. The highest BCUT2D eigenvalue weighted by atomic mass is 16.6. The third-order valence-corrected chi connectivity index (χ3v) is 4.00. The third-order valence-electron chi connectivity index (χ3n) is 4.00. The minimum atomic E-state index is -0.488. The fourth-order valence-corrected chi connectivity index (χ4v) is 2.96. The zero-order chi connectivity index (χ0) is 17.0. The van der Waals surface area contributed by atoms with Gasteiger partial charge >= 0.3 is 6.09 Å². The lowest BCUT2D eigenvalue weighted by Gasteiger charge is -2.39. The first-order valence-electron chi connectivity index (χ1n) is 8.22. The van der Waals surface area contributed by atoms with Crippen molar-refractivity contribution in [1.82, 2.24) is 10.3 Å². The van der Waals surface area contributed by atoms with E-state index >= 15 is 0 Å². The number of carbonyl (C=O) groups excluding carboxylic acids is 1. The molecule has 0 bridgehead atoms. The lowest BCUT2D eigenvalue weighted by molar-refractivity contribution is 0.0493. The Morgan fingerprint density at radius 1 is 1.48 bits per heavy atom. The van der Waals surface area contributed by atoms with E-state index in [4.69, 9.17) is 10.5 Å². The van der Waals surface area contributed by atoms with Crippen LogP contribution in [-0.2, 0) is 4.74 Å². The second kappa shape index (κ2) is 7.06. The van der Waals surface area contributed by atoms with Crippen LogP contribution >= 0.6 is 0 Å². The van der Waals surface area contributed by atoms with Gasteiger partial charge in [-0.1, -0.05) is 13.3 Å². The first kappa shape index (κ1) is 17.4. The van der Waals surface area contributed by atoms with Crippen LogP contribution < -0.4 is 16.0 Å². The van der Waals surface area contributed by atoms with Crippen molar-refractivity contribution in [3.63, 3.8) is 0 Å². The van der Waals surface area contributed by atoms with Crippen LogP contribution in [0.2, 0.25) is 0 Å². The second-order valence-electron chi connectivity index (χ2n) is 7.19. The molecule has 1 aliphatic heterocycles. The van der Waals surface area contributed by atoms with E-state index in [1.165, 1.54) is 0 Å². The van der Waals surface area contributed by atoms with Crippen LogP contribution in [-0.4, -0.2) is 35.8 Å². The van der Waals surface area contributed by atoms with Crippen LogP contribution in [0, 0.1) is 5.92 Å². The molecule has 1 amide bonds. The number of pyridine rings is 1. The SMILES string of the molecule is CC[C@@H]1C[C@H](NC(=O)OC(C)(C)C)CN(c2ccncc2N)C1. The summed E-state index contributed by atoms with van der Waals surface area (Å²) in [5, 5.41) is 3.00. The van der Waals surface area contributed by atoms with Crippen molar-refractivity contribution in [2.45, 2.75) is 52.2 Å². The molecule has 1 saturated heterocycles. The fraction of sp³-hybridized carbons (Fsp3) is 0.647. The highest BCUT2D eigenvalue weighted by Gasteiger charge is 2.29. The zero-order valence-electron chi connectivity index (χ0n) is 14.5. The number of alkyl carbamates (subject to hydrolysis) is 1. The Kier molecular flexibility index (Phi) is 5.34. The number of piperidine rings is 1. The van der Waals surface area contributed by atoms with Crippen molar-refractivity contribution in [3.05, 3.63) is 18.5 Å². The molecule has 1 aromatic heterocycles. The molecule has 0 spiro atoms. The van der Waals surface area contributed by atoms with E-state index in [-0.39, 0.29) is 12.1 Å². The van der Waals surface area contributed by atoms with Crippen LogP contribution in [0.5, 0.6) is 0 Å². The molecule has 0 radical (unpaired) electrons. The number of nitrogens with two attached hydrogens (primary N) is 1. The number of amides is 1. The molecule has 1 fully saturated rings. The van der Waals surface area contributed by atoms with Crippen LogP contribution in [0.15, 0.2) is 18.5 Å². The number of anilines is 2. The second-order valence-corrected chi connectivity index (χ2v) is 7.19. The maximum Gasteiger partial charge on any atom is 0.407 e. The molecule has 0 aromatic carbocycles. The quantitative estimate of drug-likeness (QED) is 0.895. The number of nitrogens with zero attached hydrogens (tertiary/aromatic N) is 2. The molecule has 128 valence electrons. The van der Waals surface area contributed by atoms with E-state index in [1.54, 1.807) is 12.4 Å². The summed E-state index contributed by atoms with van der Waals surface area (Å²) in [4.78, 5) is 18.3. The van der Waals surface area contributed by atoms with Crippen molar-refractivity contribution in [2.75, 3.05) is 23.7 Å². The normalized spacial score (nSPS) is 21.8. The van der Waals surface area contributed by atoms with Gasteiger partial charge in [0.15, 0.2) is 0 Å². The van der Waals surface area contributed by atoms with Gasteiger partial charge in [0.25, 0.3) is 0 Å². The summed E-state index contributed by atoms with van der Waals surface area (Å²) < 4.78 is 5.37. The number of hydrogen-bond donors (Lipinski definition) is 2. The summed E-state index contributed by atoms with van der Waals surface area (Å²) in [6.07, 6.45) is 5.08. The largest absolute Gasteiger partial charge is 0.444 e. The van der Waals surface area contributed by atoms with Crippen LogP contribution in [0.25, 0.3) is 0 Å². The molecule has 2 rings (SSSR count). The average molecular weight is 320 g/mol. The predicted molar refractivity (Wildman–Crippen MR) is 92.4 cm³/mol. The van der Waals surface area contributed by atoms with Gasteiger partial charge < -0.3 is 20.7 Å². The van der Waals surface area contributed by atoms with Crippen LogP contribution in [0.1, 0.15) is 40.5 Å². The molecular formula is C17H28N4O2. The molecule has 6 heteroatoms. The number of carbonyl (C=O) groups is 1. The van der Waals surface area contributed by atoms with Gasteiger partial charge in [0.2, 0.25) is 0 Å². The van der Waals surface area contributed by atoms with E-state index in [1.807, 2.05) is 26.8 Å². The van der Waals surface area contributed by atoms with Gasteiger partial charge in [0.1, 0.15) is 5.60 Å². The standard InChI is InChI=1S/C17H28N4O2/c1-5-12-8-13(20-16(22)23-17(2,3)4)11-21(10-12)15-6-7-19-9-14(15)18/h6-7,9,12-13H,5,8,10-11,18H2,1-4H3,(H,20,22)/t12-,13+/m1/s1. The zero-order valence-corrected chi connectivity index (χ0v) is 14.5. The van der Waals surface area contributed by atoms with Crippen molar-refractivity contribution in [2.24, 2.45) is 5.92 Å². The van der Waals surface area contributed by atoms with Gasteiger partial charge in [-0.3, -0.25) is 4.98 Å². The maximum atomic E-state index is 12.0. The predicted octanol–water partition coefficient (Wildman–Crippen LogP) is 2.79. The van der Waals surface area contributed by atoms with Gasteiger partial charge in [-0.25, -0.2) is 4.79 Å². The Morgan fingerprint density at radius 3 is 2.83 bits per heavy atom. The lowest BCUT2D eigenvalue weighted by Crippen LogP contribution is -2.51. The summed E-state index contributed by atoms with van der Waals surface area (Å²) in [7, 11) is 0. The molecule has 0 aliphatic carbocycles. The van der Waals surface area contributed by atoms with Crippen LogP contribution in [0.3, 0.4) is 0 Å². The van der Waals surface area contributed by atoms with E-state index in [0.29, 0.717) is 11.6 Å². The first-order valence-corrected chi connectivity index (χ1v) is 8.22. The molecule has 6 nitrogen and oxygen atoms in total. The number of ether oxygens (including phenoxy) is 1. The van der Waals surface area contributed by atoms with Crippen molar-refractivity contribution in [3.8, 4) is 0 Å². The van der Waals surface area contributed by atoms with E-state index in [0.717, 1.165) is 31.6 Å². The van der Waals surface area contributed by atoms with E-state index in [2.05, 4.69) is 22.1 Å². The third kappa shape index (κ3) is 5.01. The number of nitrogen functional groups attached to an aromatic ring is 1. The number of aromatic nitrogens is 1. The molecule has 23 heavy (non-hydrogen) atoms. The van der Waals surface area contributed by atoms with Gasteiger partial charge in [-0.15, -0.1) is 0 Å². The van der Waals surface area contributed by atoms with Crippen molar-refractivity contribution < 1.29 is 9.53 Å². The minimum Gasteiger partial charge on any atom is -0.444 e. The van der Waals surface area contributed by atoms with Crippen molar-refractivity contribution >= 4 is 17.5 Å². The summed E-state index contributed by atoms with van der Waals surface area (Å²) >= 11 is 0. The number of rotatable bonds is 3. The summed E-state index contributed by atoms with van der Waals surface area (Å²) in [6, 6.07) is 1.98. The molecule has 3 N–H and O–H groups in total. The monoisotopic (exact) mass is 320 g/mol. The van der Waals surface area contributed by atoms with E-state index < -0.39 is 5.60 Å². The fourth-order valence-electron chi connectivity index (χ4n) is 2.96. The summed E-state index contributed by atoms with van der Waals surface area (Å²) in [6.45, 7) is 9.45. The topological polar surface area (TPSA) is 80.5 Å². The smallest absolute Gasteiger partial charge is 0.407 e. The maximum absolute atomic E-state index is 12.0. The Balaban J connectivity index is 2.06. The molecule has 0 saturated carbocycles. The Morgan fingerprint density at radius 2 is 2.22 bits per heavy atom. The Hall–Kier alpha value is -1.98. The van der Waals surface area contributed by atoms with Gasteiger partial charge in [-0.2, -0.15) is 0 Å². The molecule has 1 aromatic rings. The Bertz CT molecular complexity index is 542. The van der Waals surface area contributed by atoms with E-state index in [9.17, 15) is 4.79 Å². The van der Waals surface area contributed by atoms with Crippen LogP contribution in [0.4, 0.5) is 16.2 Å². The van der Waals surface area contributed by atoms with Gasteiger partial charge in [0.05, 0.1) is 23.6 Å². The molecule has 1 aliphatic rings. The summed E-state index contributed by atoms with van der Waals surface area (Å²) in [5.41, 5.74) is 7.21. The van der Waals surface area contributed by atoms with Gasteiger partial charge in [0, 0.05) is 19.3 Å². The highest BCUT2D eigenvalue weighted by molar-refractivity contribution is 5.69. The first-order chi connectivity index (χ1) is 10.8. The van der Waals surface area contributed by atoms with Crippen molar-refractivity contribution in [1.29, 1.82) is 0 Å².